The van der Waals surface area contributed by atoms with E-state index in [9.17, 15) is 10.2 Å². The van der Waals surface area contributed by atoms with E-state index in [4.69, 9.17) is 0 Å². The molecule has 0 saturated heterocycles. The molecule has 0 bridgehead atoms. The molecular weight excluding hydrogens is 356 g/mol. The summed E-state index contributed by atoms with van der Waals surface area (Å²) in [5.41, 5.74) is 4.84. The molecule has 0 aliphatic heterocycles. The van der Waals surface area contributed by atoms with Gasteiger partial charge in [-0.15, -0.1) is 0 Å². The zero-order valence-electron chi connectivity index (χ0n) is 18.7. The molecule has 158 valence electrons. The summed E-state index contributed by atoms with van der Waals surface area (Å²) in [7, 11) is 0. The summed E-state index contributed by atoms with van der Waals surface area (Å²) in [5, 5.41) is 19.9. The van der Waals surface area contributed by atoms with E-state index in [2.05, 4.69) is 50.5 Å². The largest absolute Gasteiger partial charge is 0.393 e. The average molecular weight is 395 g/mol. The Kier molecular flexibility index (Phi) is 6.61. The molecule has 3 aliphatic rings. The number of aliphatic hydroxyl groups excluding tert-OH is 1. The van der Waals surface area contributed by atoms with E-state index in [-0.39, 0.29) is 11.5 Å². The maximum atomic E-state index is 10.0. The first-order valence-electron chi connectivity index (χ1n) is 11.3. The summed E-state index contributed by atoms with van der Waals surface area (Å²) < 4.78 is 0. The van der Waals surface area contributed by atoms with Crippen molar-refractivity contribution in [1.82, 2.24) is 0 Å². The molecule has 0 heterocycles. The zero-order valence-corrected chi connectivity index (χ0v) is 18.7. The molecule has 0 radical (unpaired) electrons. The van der Waals surface area contributed by atoms with Gasteiger partial charge >= 0.3 is 0 Å². The van der Waals surface area contributed by atoms with Gasteiger partial charge in [0, 0.05) is 6.42 Å². The maximum Gasteiger partial charge on any atom is 0.119 e. The summed E-state index contributed by atoms with van der Waals surface area (Å²) in [5.74, 6) is 7.17. The van der Waals surface area contributed by atoms with E-state index >= 15 is 0 Å². The topological polar surface area (TPSA) is 40.5 Å². The molecule has 0 aromatic carbocycles. The predicted molar refractivity (Wildman–Crippen MR) is 121 cm³/mol. The number of allylic oxidation sites excluding steroid dienone is 6. The monoisotopic (exact) mass is 394 g/mol. The Balaban J connectivity index is 1.75. The molecule has 2 fully saturated rings. The van der Waals surface area contributed by atoms with Gasteiger partial charge < -0.3 is 10.2 Å². The van der Waals surface area contributed by atoms with Crippen molar-refractivity contribution in [1.29, 1.82) is 0 Å². The Bertz CT molecular complexity index is 793. The van der Waals surface area contributed by atoms with E-state index in [1.165, 1.54) is 30.4 Å². The first-order valence-corrected chi connectivity index (χ1v) is 11.3. The van der Waals surface area contributed by atoms with Crippen LogP contribution in [-0.2, 0) is 0 Å². The molecule has 0 aromatic rings. The molecule has 29 heavy (non-hydrogen) atoms. The Hall–Kier alpha value is -1.56. The highest BCUT2D eigenvalue weighted by Gasteiger charge is 2.45. The Morgan fingerprint density at radius 2 is 2.10 bits per heavy atom. The van der Waals surface area contributed by atoms with Gasteiger partial charge in [0.15, 0.2) is 0 Å². The van der Waals surface area contributed by atoms with Gasteiger partial charge in [-0.3, -0.25) is 0 Å². The van der Waals surface area contributed by atoms with Gasteiger partial charge in [-0.05, 0) is 81.6 Å². The Morgan fingerprint density at radius 1 is 1.34 bits per heavy atom. The van der Waals surface area contributed by atoms with Crippen LogP contribution < -0.4 is 0 Å². The van der Waals surface area contributed by atoms with Crippen LogP contribution in [0.3, 0.4) is 0 Å². The number of hydrogen-bond acceptors (Lipinski definition) is 2. The van der Waals surface area contributed by atoms with Crippen molar-refractivity contribution >= 4 is 0 Å². The van der Waals surface area contributed by atoms with Crippen molar-refractivity contribution in [3.63, 3.8) is 0 Å². The van der Waals surface area contributed by atoms with Gasteiger partial charge in [-0.25, -0.2) is 0 Å². The lowest BCUT2D eigenvalue weighted by Crippen LogP contribution is -2.32. The predicted octanol–water partition coefficient (Wildman–Crippen LogP) is 5.88. The summed E-state index contributed by atoms with van der Waals surface area (Å²) in [6.45, 7) is 12.4. The van der Waals surface area contributed by atoms with E-state index in [0.29, 0.717) is 11.8 Å². The fourth-order valence-corrected chi connectivity index (χ4v) is 5.54. The van der Waals surface area contributed by atoms with Crippen LogP contribution in [0, 0.1) is 29.1 Å². The molecule has 2 N–H and O–H groups in total. The highest BCUT2D eigenvalue weighted by atomic mass is 16.3. The minimum absolute atomic E-state index is 0.215. The third kappa shape index (κ3) is 5.14. The van der Waals surface area contributed by atoms with Crippen molar-refractivity contribution in [2.45, 2.75) is 90.8 Å². The van der Waals surface area contributed by atoms with Crippen molar-refractivity contribution < 1.29 is 10.2 Å². The second-order valence-electron chi connectivity index (χ2n) is 10.1. The minimum Gasteiger partial charge on any atom is -0.393 e. The van der Waals surface area contributed by atoms with Crippen LogP contribution >= 0.6 is 0 Å². The minimum atomic E-state index is -0.916. The summed E-state index contributed by atoms with van der Waals surface area (Å²) >= 11 is 0. The first kappa shape index (κ1) is 22.1. The van der Waals surface area contributed by atoms with Gasteiger partial charge in [-0.1, -0.05) is 67.2 Å². The molecule has 0 spiro atoms. The highest BCUT2D eigenvalue weighted by molar-refractivity contribution is 5.38. The van der Waals surface area contributed by atoms with Crippen LogP contribution in [0.5, 0.6) is 0 Å². The van der Waals surface area contributed by atoms with Crippen molar-refractivity contribution in [2.75, 3.05) is 0 Å². The van der Waals surface area contributed by atoms with E-state index in [1.54, 1.807) is 25.0 Å². The second kappa shape index (κ2) is 8.66. The standard InChI is InChI=1S/C27H38O2/c1-19-10-13-23(28)18-22(19)12-11-21-9-7-17-27(5)24(14-15-25(21)27)20(2)8-6-16-26(3,4)29/h11-12,14,20,23,25,28-29H,1,7-10,13,15,17-18H2,2-5H3/b21-11+,22-12+/t20-,23+,25+,27-/m1/s1. The molecule has 0 aromatic heterocycles. The van der Waals surface area contributed by atoms with Gasteiger partial charge in [-0.2, -0.15) is 0 Å². The average Bonchev–Trinajstić information content (AvgIpc) is 2.99. The van der Waals surface area contributed by atoms with Gasteiger partial charge in [0.05, 0.1) is 6.10 Å². The summed E-state index contributed by atoms with van der Waals surface area (Å²) in [6, 6.07) is 0. The molecule has 3 aliphatic carbocycles. The normalized spacial score (nSPS) is 33.9. The molecule has 2 heteroatoms. The maximum absolute atomic E-state index is 10.0. The fourth-order valence-electron chi connectivity index (χ4n) is 5.54. The van der Waals surface area contributed by atoms with Crippen molar-refractivity contribution in [3.05, 3.63) is 47.1 Å². The molecule has 0 amide bonds. The third-order valence-electron chi connectivity index (χ3n) is 7.13. The lowest BCUT2D eigenvalue weighted by atomic mass is 9.62. The number of aliphatic hydroxyl groups is 2. The lowest BCUT2D eigenvalue weighted by molar-refractivity contribution is 0.143. The van der Waals surface area contributed by atoms with Crippen molar-refractivity contribution in [2.24, 2.45) is 17.3 Å². The van der Waals surface area contributed by atoms with Crippen LogP contribution in [0.25, 0.3) is 0 Å². The van der Waals surface area contributed by atoms with Gasteiger partial charge in [0.25, 0.3) is 0 Å². The van der Waals surface area contributed by atoms with Gasteiger partial charge in [0.1, 0.15) is 5.60 Å². The SMILES string of the molecule is C=C1CC[C@H](O)C/C1=C\C=C1/CCC[C@]2(C)C([C@H](C)CC#CC(C)(C)O)=CC[C@@H]12. The summed E-state index contributed by atoms with van der Waals surface area (Å²) in [4.78, 5) is 0. The van der Waals surface area contributed by atoms with Crippen LogP contribution in [-0.4, -0.2) is 21.9 Å². The second-order valence-corrected chi connectivity index (χ2v) is 10.1. The molecule has 2 nitrogen and oxygen atoms in total. The smallest absolute Gasteiger partial charge is 0.119 e. The molecule has 2 saturated carbocycles. The Morgan fingerprint density at radius 3 is 2.83 bits per heavy atom. The van der Waals surface area contributed by atoms with Crippen LogP contribution in [0.4, 0.5) is 0 Å². The van der Waals surface area contributed by atoms with Crippen molar-refractivity contribution in [3.8, 4) is 11.8 Å². The van der Waals surface area contributed by atoms with E-state index < -0.39 is 5.60 Å². The molecule has 0 unspecified atom stereocenters. The number of hydrogen-bond donors (Lipinski definition) is 2. The van der Waals surface area contributed by atoms with Crippen LogP contribution in [0.2, 0.25) is 0 Å². The third-order valence-corrected chi connectivity index (χ3v) is 7.13. The number of fused-ring (bicyclic) bond motifs is 1. The summed E-state index contributed by atoms with van der Waals surface area (Å²) in [6.07, 6.45) is 14.9. The highest BCUT2D eigenvalue weighted by Crippen LogP contribution is 2.56. The van der Waals surface area contributed by atoms with E-state index in [0.717, 1.165) is 32.1 Å². The van der Waals surface area contributed by atoms with E-state index in [1.807, 2.05) is 0 Å². The lowest BCUT2D eigenvalue weighted by Gasteiger charge is -2.42. The van der Waals surface area contributed by atoms with Crippen LogP contribution in [0.15, 0.2) is 47.1 Å². The zero-order chi connectivity index (χ0) is 21.2. The fraction of sp³-hybridized carbons (Fsp3) is 0.630. The Labute approximate surface area is 177 Å². The quantitative estimate of drug-likeness (QED) is 0.464. The molecule has 3 rings (SSSR count). The first-order chi connectivity index (χ1) is 13.6. The number of rotatable bonds is 3. The molecular formula is C27H38O2. The van der Waals surface area contributed by atoms with Gasteiger partial charge in [0.2, 0.25) is 0 Å². The van der Waals surface area contributed by atoms with Crippen LogP contribution in [0.1, 0.15) is 79.1 Å². The molecule has 4 atom stereocenters.